The molecule has 0 spiro atoms. The second kappa shape index (κ2) is 18.8. The van der Waals surface area contributed by atoms with E-state index in [0.717, 1.165) is 45.9 Å². The molecule has 6 aromatic rings. The fourth-order valence-electron chi connectivity index (χ4n) is 4.71. The van der Waals surface area contributed by atoms with Crippen molar-refractivity contribution < 1.29 is 23.7 Å². The van der Waals surface area contributed by atoms with Gasteiger partial charge in [0, 0.05) is 29.1 Å². The number of carbonyl (C=O) groups is 1. The van der Waals surface area contributed by atoms with E-state index in [4.69, 9.17) is 18.9 Å². The molecule has 0 N–H and O–H groups in total. The topological polar surface area (TPSA) is 79.8 Å². The van der Waals surface area contributed by atoms with Gasteiger partial charge in [-0.05, 0) is 78.7 Å². The van der Waals surface area contributed by atoms with Crippen LogP contribution in [0.2, 0.25) is 0 Å². The van der Waals surface area contributed by atoms with Gasteiger partial charge < -0.3 is 18.9 Å². The van der Waals surface area contributed by atoms with E-state index >= 15 is 0 Å². The van der Waals surface area contributed by atoms with Gasteiger partial charge in [-0.2, -0.15) is 0 Å². The van der Waals surface area contributed by atoms with E-state index in [9.17, 15) is 4.79 Å². The van der Waals surface area contributed by atoms with Crippen LogP contribution >= 0.6 is 0 Å². The third-order valence-electron chi connectivity index (χ3n) is 7.29. The Balaban J connectivity index is 0.000000182. The maximum Gasteiger partial charge on any atom is 0.153 e. The SMILES string of the molecule is COc1ccc(OC)c(/C=C/c2ccnc(-c3ccccc3)c2)c1.COc1ccc(OC)c(C=O)c1.Cc1ccnc(-c2ccccc2)c1. The van der Waals surface area contributed by atoms with Crippen LogP contribution < -0.4 is 18.9 Å². The van der Waals surface area contributed by atoms with E-state index in [1.54, 1.807) is 39.5 Å². The predicted octanol–water partition coefficient (Wildman–Crippen LogP) is 9.51. The van der Waals surface area contributed by atoms with E-state index in [2.05, 4.69) is 53.3 Å². The first kappa shape index (κ1) is 35.6. The summed E-state index contributed by atoms with van der Waals surface area (Å²) in [4.78, 5) is 19.3. The molecule has 0 unspecified atom stereocenters. The molecule has 0 radical (unpaired) electrons. The van der Waals surface area contributed by atoms with Crippen molar-refractivity contribution in [3.8, 4) is 45.5 Å². The Bertz CT molecular complexity index is 1940. The molecule has 0 saturated carbocycles. The molecule has 6 rings (SSSR count). The van der Waals surface area contributed by atoms with Gasteiger partial charge in [0.05, 0.1) is 45.4 Å². The summed E-state index contributed by atoms with van der Waals surface area (Å²) in [7, 11) is 6.40. The van der Waals surface area contributed by atoms with Gasteiger partial charge in [-0.1, -0.05) is 72.8 Å². The van der Waals surface area contributed by atoms with Crippen LogP contribution in [-0.4, -0.2) is 44.7 Å². The fourth-order valence-corrected chi connectivity index (χ4v) is 4.71. The summed E-state index contributed by atoms with van der Waals surface area (Å²) in [5, 5.41) is 0. The van der Waals surface area contributed by atoms with Crippen molar-refractivity contribution in [3.63, 3.8) is 0 Å². The second-order valence-corrected chi connectivity index (χ2v) is 10.6. The summed E-state index contributed by atoms with van der Waals surface area (Å²) in [5.74, 6) is 2.82. The number of pyridine rings is 2. The number of methoxy groups -OCH3 is 4. The number of ether oxygens (including phenoxy) is 4. The van der Waals surface area contributed by atoms with E-state index in [-0.39, 0.29) is 0 Å². The molecule has 0 fully saturated rings. The number of benzene rings is 4. The number of aromatic nitrogens is 2. The Morgan fingerprint density at radius 3 is 1.53 bits per heavy atom. The highest BCUT2D eigenvalue weighted by Gasteiger charge is 2.04. The second-order valence-electron chi connectivity index (χ2n) is 10.6. The highest BCUT2D eigenvalue weighted by molar-refractivity contribution is 5.80. The van der Waals surface area contributed by atoms with E-state index in [1.807, 2.05) is 91.3 Å². The lowest BCUT2D eigenvalue weighted by Crippen LogP contribution is -1.91. The van der Waals surface area contributed by atoms with Gasteiger partial charge in [0.2, 0.25) is 0 Å². The van der Waals surface area contributed by atoms with Crippen molar-refractivity contribution in [2.75, 3.05) is 28.4 Å². The Morgan fingerprint density at radius 1 is 0.510 bits per heavy atom. The van der Waals surface area contributed by atoms with Crippen molar-refractivity contribution in [1.82, 2.24) is 9.97 Å². The van der Waals surface area contributed by atoms with Gasteiger partial charge in [0.25, 0.3) is 0 Å². The Hall–Kier alpha value is -6.21. The number of aryl methyl sites for hydroxylation is 1. The molecule has 0 aliphatic carbocycles. The predicted molar refractivity (Wildman–Crippen MR) is 197 cm³/mol. The van der Waals surface area contributed by atoms with Crippen LogP contribution in [0.3, 0.4) is 0 Å². The zero-order valence-corrected chi connectivity index (χ0v) is 28.4. The van der Waals surface area contributed by atoms with Crippen molar-refractivity contribution in [2.24, 2.45) is 0 Å². The van der Waals surface area contributed by atoms with Crippen LogP contribution in [0, 0.1) is 6.92 Å². The Labute approximate surface area is 288 Å². The minimum absolute atomic E-state index is 0.497. The smallest absolute Gasteiger partial charge is 0.153 e. The average Bonchev–Trinajstić information content (AvgIpc) is 3.18. The zero-order valence-electron chi connectivity index (χ0n) is 28.4. The third kappa shape index (κ3) is 10.7. The molecule has 0 aliphatic rings. The largest absolute Gasteiger partial charge is 0.497 e. The zero-order chi connectivity index (χ0) is 34.8. The fraction of sp³-hybridized carbons (Fsp3) is 0.119. The summed E-state index contributed by atoms with van der Waals surface area (Å²) in [6, 6.07) is 39.3. The molecule has 0 atom stereocenters. The quantitative estimate of drug-likeness (QED) is 0.144. The Kier molecular flexibility index (Phi) is 13.7. The first-order valence-corrected chi connectivity index (χ1v) is 15.5. The van der Waals surface area contributed by atoms with Gasteiger partial charge in [-0.25, -0.2) is 0 Å². The molecule has 248 valence electrons. The molecule has 0 amide bonds. The molecule has 0 bridgehead atoms. The minimum atomic E-state index is 0.497. The van der Waals surface area contributed by atoms with Crippen molar-refractivity contribution in [2.45, 2.75) is 6.92 Å². The molecule has 4 aromatic carbocycles. The standard InChI is InChI=1S/C21H19NO2.C12H11N.C9H10O3/c1-23-19-10-11-21(24-2)18(15-19)9-8-16-12-13-22-20(14-16)17-6-4-3-5-7-17;1-10-7-8-13-12(9-10)11-5-3-2-4-6-11;1-11-8-3-4-9(12-2)7(5-8)6-10/h3-15H,1-2H3;2-9H,1H3;3-6H,1-2H3/b9-8+;;. The molecule has 2 heterocycles. The van der Waals surface area contributed by atoms with Crippen LogP contribution in [0.5, 0.6) is 23.0 Å². The van der Waals surface area contributed by atoms with Gasteiger partial charge in [0.1, 0.15) is 23.0 Å². The molecule has 49 heavy (non-hydrogen) atoms. The molecule has 2 aromatic heterocycles. The van der Waals surface area contributed by atoms with Crippen LogP contribution in [0.15, 0.2) is 134 Å². The van der Waals surface area contributed by atoms with Crippen molar-refractivity contribution in [3.05, 3.63) is 156 Å². The number of hydrogen-bond donors (Lipinski definition) is 0. The molecular formula is C42H40N2O5. The maximum absolute atomic E-state index is 10.5. The van der Waals surface area contributed by atoms with E-state index < -0.39 is 0 Å². The van der Waals surface area contributed by atoms with Crippen molar-refractivity contribution in [1.29, 1.82) is 0 Å². The minimum Gasteiger partial charge on any atom is -0.497 e. The van der Waals surface area contributed by atoms with Gasteiger partial charge in [-0.15, -0.1) is 0 Å². The van der Waals surface area contributed by atoms with Crippen LogP contribution in [-0.2, 0) is 0 Å². The van der Waals surface area contributed by atoms with Crippen LogP contribution in [0.1, 0.15) is 27.0 Å². The lowest BCUT2D eigenvalue weighted by atomic mass is 10.1. The molecule has 0 saturated heterocycles. The Morgan fingerprint density at radius 2 is 1.02 bits per heavy atom. The van der Waals surface area contributed by atoms with Gasteiger partial charge in [0.15, 0.2) is 6.29 Å². The lowest BCUT2D eigenvalue weighted by molar-refractivity contribution is 0.112. The molecule has 7 heteroatoms. The van der Waals surface area contributed by atoms with Gasteiger partial charge >= 0.3 is 0 Å². The number of aldehydes is 1. The lowest BCUT2D eigenvalue weighted by Gasteiger charge is -2.07. The summed E-state index contributed by atoms with van der Waals surface area (Å²) in [5.41, 5.74) is 8.06. The molecule has 7 nitrogen and oxygen atoms in total. The summed E-state index contributed by atoms with van der Waals surface area (Å²) in [6.45, 7) is 2.08. The monoisotopic (exact) mass is 652 g/mol. The number of carbonyl (C=O) groups excluding carboxylic acids is 1. The average molecular weight is 653 g/mol. The third-order valence-corrected chi connectivity index (χ3v) is 7.29. The highest BCUT2D eigenvalue weighted by Crippen LogP contribution is 2.27. The van der Waals surface area contributed by atoms with E-state index in [0.29, 0.717) is 17.1 Å². The number of hydrogen-bond acceptors (Lipinski definition) is 7. The van der Waals surface area contributed by atoms with Crippen LogP contribution in [0.25, 0.3) is 34.7 Å². The van der Waals surface area contributed by atoms with Gasteiger partial charge in [-0.3, -0.25) is 14.8 Å². The summed E-state index contributed by atoms with van der Waals surface area (Å²) >= 11 is 0. The maximum atomic E-state index is 10.5. The highest BCUT2D eigenvalue weighted by atomic mass is 16.5. The first-order valence-electron chi connectivity index (χ1n) is 15.5. The first-order chi connectivity index (χ1) is 24.0. The summed E-state index contributed by atoms with van der Waals surface area (Å²) < 4.78 is 20.6. The van der Waals surface area contributed by atoms with Crippen molar-refractivity contribution >= 4 is 18.4 Å². The normalized spacial score (nSPS) is 10.1. The van der Waals surface area contributed by atoms with Crippen LogP contribution in [0.4, 0.5) is 0 Å². The van der Waals surface area contributed by atoms with E-state index in [1.165, 1.54) is 18.2 Å². The number of rotatable bonds is 9. The molecule has 0 aliphatic heterocycles. The summed E-state index contributed by atoms with van der Waals surface area (Å²) in [6.07, 6.45) is 8.47. The molecular weight excluding hydrogens is 612 g/mol. The number of nitrogens with zero attached hydrogens (tertiary/aromatic N) is 2.